The van der Waals surface area contributed by atoms with Crippen LogP contribution in [0.4, 0.5) is 5.69 Å². The molecule has 2 heterocycles. The van der Waals surface area contributed by atoms with Gasteiger partial charge < -0.3 is 9.80 Å². The molecule has 1 atom stereocenters. The summed E-state index contributed by atoms with van der Waals surface area (Å²) in [6, 6.07) is 15.2. The summed E-state index contributed by atoms with van der Waals surface area (Å²) >= 11 is 0. The predicted octanol–water partition coefficient (Wildman–Crippen LogP) is 3.43. The summed E-state index contributed by atoms with van der Waals surface area (Å²) < 4.78 is 25.1. The fourth-order valence-corrected chi connectivity index (χ4v) is 5.04. The molecule has 0 aliphatic carbocycles. The molecule has 2 aromatic rings. The molecule has 160 valence electrons. The number of carbonyl (C=O) groups excluding carboxylic acids is 1. The Morgan fingerprint density at radius 1 is 0.933 bits per heavy atom. The first-order valence-corrected chi connectivity index (χ1v) is 12.5. The lowest BCUT2D eigenvalue weighted by atomic mass is 10.0. The van der Waals surface area contributed by atoms with Gasteiger partial charge in [-0.3, -0.25) is 9.52 Å². The molecule has 2 aliphatic rings. The first-order valence-electron chi connectivity index (χ1n) is 10.6. The van der Waals surface area contributed by atoms with E-state index in [1.165, 1.54) is 12.8 Å². The van der Waals surface area contributed by atoms with Gasteiger partial charge in [-0.05, 0) is 74.2 Å². The minimum absolute atomic E-state index is 0.121. The summed E-state index contributed by atoms with van der Waals surface area (Å²) in [5, 5.41) is 0. The van der Waals surface area contributed by atoms with Crippen LogP contribution in [0.3, 0.4) is 0 Å². The number of likely N-dealkylation sites (tertiary alicyclic amines) is 2. The number of hydrogen-bond donors (Lipinski definition) is 1. The molecule has 6 nitrogen and oxygen atoms in total. The van der Waals surface area contributed by atoms with E-state index in [2.05, 4.69) is 14.5 Å². The molecular weight excluding hydrogens is 398 g/mol. The Morgan fingerprint density at radius 2 is 1.53 bits per heavy atom. The Hall–Kier alpha value is -2.38. The predicted molar refractivity (Wildman–Crippen MR) is 120 cm³/mol. The maximum atomic E-state index is 13.1. The smallest absolute Gasteiger partial charge is 0.254 e. The number of rotatable bonds is 6. The van der Waals surface area contributed by atoms with E-state index in [0.29, 0.717) is 11.7 Å². The van der Waals surface area contributed by atoms with Crippen LogP contribution < -0.4 is 4.72 Å². The fraction of sp³-hybridized carbons (Fsp3) is 0.435. The number of benzene rings is 2. The average Bonchev–Trinajstić information content (AvgIpc) is 3.39. The minimum Gasteiger partial charge on any atom is -0.334 e. The topological polar surface area (TPSA) is 69.7 Å². The van der Waals surface area contributed by atoms with Crippen molar-refractivity contribution >= 4 is 21.6 Å². The molecule has 0 radical (unpaired) electrons. The molecule has 2 aromatic carbocycles. The molecule has 0 spiro atoms. The van der Waals surface area contributed by atoms with E-state index in [1.807, 2.05) is 36.4 Å². The van der Waals surface area contributed by atoms with Crippen molar-refractivity contribution in [2.45, 2.75) is 31.7 Å². The first kappa shape index (κ1) is 20.9. The third-order valence-corrected chi connectivity index (χ3v) is 6.57. The number of anilines is 1. The van der Waals surface area contributed by atoms with Gasteiger partial charge in [0, 0.05) is 30.4 Å². The standard InChI is InChI=1S/C23H29N3O3S/c1-30(28,29)24-21-12-10-19(11-13-21)18-6-8-20(9-7-18)23(27)26-16-4-5-22(26)17-25-14-2-3-15-25/h6-13,22,24H,2-5,14-17H2,1H3/t22-/m0/s1. The summed E-state index contributed by atoms with van der Waals surface area (Å²) in [6.07, 6.45) is 5.85. The molecule has 30 heavy (non-hydrogen) atoms. The fourth-order valence-electron chi connectivity index (χ4n) is 4.47. The number of nitrogens with zero attached hydrogens (tertiary/aromatic N) is 2. The van der Waals surface area contributed by atoms with E-state index in [1.54, 1.807) is 12.1 Å². The van der Waals surface area contributed by atoms with Gasteiger partial charge in [0.15, 0.2) is 0 Å². The average molecular weight is 428 g/mol. The summed E-state index contributed by atoms with van der Waals surface area (Å²) in [6.45, 7) is 4.16. The highest BCUT2D eigenvalue weighted by atomic mass is 32.2. The van der Waals surface area contributed by atoms with Gasteiger partial charge >= 0.3 is 0 Å². The summed E-state index contributed by atoms with van der Waals surface area (Å²) in [4.78, 5) is 17.6. The summed E-state index contributed by atoms with van der Waals surface area (Å²) in [5.41, 5.74) is 3.22. The second-order valence-electron chi connectivity index (χ2n) is 8.33. The highest BCUT2D eigenvalue weighted by molar-refractivity contribution is 7.92. The number of carbonyl (C=O) groups is 1. The van der Waals surface area contributed by atoms with Crippen LogP contribution >= 0.6 is 0 Å². The van der Waals surface area contributed by atoms with Crippen LogP contribution in [0.1, 0.15) is 36.0 Å². The third kappa shape index (κ3) is 5.02. The van der Waals surface area contributed by atoms with E-state index in [4.69, 9.17) is 0 Å². The zero-order chi connectivity index (χ0) is 21.1. The van der Waals surface area contributed by atoms with Crippen molar-refractivity contribution in [3.05, 3.63) is 54.1 Å². The van der Waals surface area contributed by atoms with Gasteiger partial charge in [0.25, 0.3) is 5.91 Å². The molecule has 2 saturated heterocycles. The molecule has 0 aromatic heterocycles. The van der Waals surface area contributed by atoms with E-state index in [9.17, 15) is 13.2 Å². The van der Waals surface area contributed by atoms with Gasteiger partial charge in [0.05, 0.1) is 6.26 Å². The van der Waals surface area contributed by atoms with Crippen LogP contribution in [-0.2, 0) is 10.0 Å². The molecule has 4 rings (SSSR count). The van der Waals surface area contributed by atoms with Gasteiger partial charge in [0.2, 0.25) is 10.0 Å². The molecule has 2 fully saturated rings. The molecule has 0 bridgehead atoms. The maximum Gasteiger partial charge on any atom is 0.254 e. The lowest BCUT2D eigenvalue weighted by molar-refractivity contribution is 0.0709. The molecule has 0 saturated carbocycles. The Kier molecular flexibility index (Phi) is 6.11. The number of amides is 1. The van der Waals surface area contributed by atoms with Gasteiger partial charge in [0.1, 0.15) is 0 Å². The molecule has 7 heteroatoms. The number of sulfonamides is 1. The zero-order valence-corrected chi connectivity index (χ0v) is 18.2. The monoisotopic (exact) mass is 427 g/mol. The van der Waals surface area contributed by atoms with Crippen LogP contribution in [0.15, 0.2) is 48.5 Å². The summed E-state index contributed by atoms with van der Waals surface area (Å²) in [5.74, 6) is 0.121. The molecule has 0 unspecified atom stereocenters. The second kappa shape index (κ2) is 8.78. The highest BCUT2D eigenvalue weighted by Gasteiger charge is 2.31. The third-order valence-electron chi connectivity index (χ3n) is 5.96. The molecule has 2 aliphatic heterocycles. The minimum atomic E-state index is -3.29. The number of nitrogens with one attached hydrogen (secondary N) is 1. The lowest BCUT2D eigenvalue weighted by Crippen LogP contribution is -2.42. The normalized spacial score (nSPS) is 19.9. The van der Waals surface area contributed by atoms with Gasteiger partial charge in [-0.2, -0.15) is 0 Å². The van der Waals surface area contributed by atoms with Crippen molar-refractivity contribution in [1.82, 2.24) is 9.80 Å². The maximum absolute atomic E-state index is 13.1. The van der Waals surface area contributed by atoms with Gasteiger partial charge in [-0.1, -0.05) is 24.3 Å². The molecule has 1 amide bonds. The van der Waals surface area contributed by atoms with E-state index in [-0.39, 0.29) is 5.91 Å². The first-order chi connectivity index (χ1) is 14.4. The van der Waals surface area contributed by atoms with Crippen molar-refractivity contribution in [3.8, 4) is 11.1 Å². The quantitative estimate of drug-likeness (QED) is 0.767. The lowest BCUT2D eigenvalue weighted by Gasteiger charge is -2.28. The van der Waals surface area contributed by atoms with Crippen molar-refractivity contribution in [2.75, 3.05) is 37.2 Å². The Bertz CT molecular complexity index is 981. The largest absolute Gasteiger partial charge is 0.334 e. The Labute approximate surface area is 178 Å². The van der Waals surface area contributed by atoms with Crippen molar-refractivity contribution in [2.24, 2.45) is 0 Å². The molecular formula is C23H29N3O3S. The van der Waals surface area contributed by atoms with Crippen LogP contribution in [0.5, 0.6) is 0 Å². The van der Waals surface area contributed by atoms with Crippen LogP contribution in [-0.4, -0.2) is 62.6 Å². The second-order valence-corrected chi connectivity index (χ2v) is 10.1. The van der Waals surface area contributed by atoms with E-state index in [0.717, 1.165) is 62.0 Å². The van der Waals surface area contributed by atoms with Gasteiger partial charge in [-0.15, -0.1) is 0 Å². The zero-order valence-electron chi connectivity index (χ0n) is 17.4. The van der Waals surface area contributed by atoms with Crippen molar-refractivity contribution in [3.63, 3.8) is 0 Å². The van der Waals surface area contributed by atoms with E-state index < -0.39 is 10.0 Å². The summed E-state index contributed by atoms with van der Waals surface area (Å²) in [7, 11) is -3.29. The number of hydrogen-bond acceptors (Lipinski definition) is 4. The van der Waals surface area contributed by atoms with Crippen LogP contribution in [0.25, 0.3) is 11.1 Å². The Morgan fingerprint density at radius 3 is 2.13 bits per heavy atom. The van der Waals surface area contributed by atoms with Crippen LogP contribution in [0.2, 0.25) is 0 Å². The Balaban J connectivity index is 1.43. The van der Waals surface area contributed by atoms with Crippen LogP contribution in [0, 0.1) is 0 Å². The highest BCUT2D eigenvalue weighted by Crippen LogP contribution is 2.25. The molecule has 1 N–H and O–H groups in total. The SMILES string of the molecule is CS(=O)(=O)Nc1ccc(-c2ccc(C(=O)N3CCC[C@H]3CN3CCCC3)cc2)cc1. The van der Waals surface area contributed by atoms with Gasteiger partial charge in [-0.25, -0.2) is 8.42 Å². The van der Waals surface area contributed by atoms with E-state index >= 15 is 0 Å². The van der Waals surface area contributed by atoms with Crippen molar-refractivity contribution < 1.29 is 13.2 Å². The van der Waals surface area contributed by atoms with Crippen molar-refractivity contribution in [1.29, 1.82) is 0 Å².